The lowest BCUT2D eigenvalue weighted by Gasteiger charge is -2.08. The number of rotatable bonds is 6. The molecule has 0 fully saturated rings. The molecule has 0 radical (unpaired) electrons. The summed E-state index contributed by atoms with van der Waals surface area (Å²) < 4.78 is 6.22. The molecule has 0 spiro atoms. The van der Waals surface area contributed by atoms with Crippen molar-refractivity contribution >= 4 is 21.7 Å². The van der Waals surface area contributed by atoms with Gasteiger partial charge in [-0.2, -0.15) is 0 Å². The lowest BCUT2D eigenvalue weighted by atomic mass is 10.2. The topological polar surface area (TPSA) is 51.0 Å². The molecule has 2 rings (SSSR count). The Balaban J connectivity index is 2.33. The molecule has 0 unspecified atom stereocenters. The van der Waals surface area contributed by atoms with E-state index in [0.717, 1.165) is 37.3 Å². The van der Waals surface area contributed by atoms with Crippen LogP contribution in [0.4, 0.5) is 5.82 Å². The highest BCUT2D eigenvalue weighted by Gasteiger charge is 2.10. The molecule has 102 valence electrons. The molecule has 19 heavy (non-hydrogen) atoms. The zero-order valence-electron chi connectivity index (χ0n) is 11.2. The summed E-state index contributed by atoms with van der Waals surface area (Å²) in [7, 11) is 0. The lowest BCUT2D eigenvalue weighted by molar-refractivity contribution is 0.551. The van der Waals surface area contributed by atoms with E-state index >= 15 is 0 Å². The van der Waals surface area contributed by atoms with E-state index in [4.69, 9.17) is 4.42 Å². The van der Waals surface area contributed by atoms with Crippen molar-refractivity contribution in [3.8, 4) is 11.6 Å². The molecule has 1 N–H and O–H groups in total. The Morgan fingerprint density at radius 1 is 1.21 bits per heavy atom. The third-order valence-electron chi connectivity index (χ3n) is 2.64. The molecular formula is C14H18BrN3O. The molecule has 0 atom stereocenters. The number of halogens is 1. The average Bonchev–Trinajstić information content (AvgIpc) is 2.83. The van der Waals surface area contributed by atoms with Gasteiger partial charge in [0.1, 0.15) is 5.82 Å². The van der Waals surface area contributed by atoms with Crippen molar-refractivity contribution < 1.29 is 4.42 Å². The van der Waals surface area contributed by atoms with Gasteiger partial charge in [-0.05, 0) is 40.9 Å². The van der Waals surface area contributed by atoms with Gasteiger partial charge in [0, 0.05) is 18.3 Å². The van der Waals surface area contributed by atoms with Crippen LogP contribution in [0.15, 0.2) is 27.3 Å². The van der Waals surface area contributed by atoms with Gasteiger partial charge in [0.2, 0.25) is 0 Å². The highest BCUT2D eigenvalue weighted by atomic mass is 79.9. The van der Waals surface area contributed by atoms with Crippen LogP contribution >= 0.6 is 15.9 Å². The van der Waals surface area contributed by atoms with Gasteiger partial charge in [0.15, 0.2) is 16.3 Å². The summed E-state index contributed by atoms with van der Waals surface area (Å²) in [6.07, 6.45) is 3.07. The smallest absolute Gasteiger partial charge is 0.197 e. The van der Waals surface area contributed by atoms with Crippen LogP contribution in [0.25, 0.3) is 11.6 Å². The molecule has 0 aliphatic rings. The zero-order valence-corrected chi connectivity index (χ0v) is 12.8. The Kier molecular flexibility index (Phi) is 4.96. The van der Waals surface area contributed by atoms with Crippen molar-refractivity contribution in [2.45, 2.75) is 33.1 Å². The molecule has 2 heterocycles. The van der Waals surface area contributed by atoms with Crippen LogP contribution in [0, 0.1) is 0 Å². The predicted molar refractivity (Wildman–Crippen MR) is 80.2 cm³/mol. The number of aromatic nitrogens is 2. The third-order valence-corrected chi connectivity index (χ3v) is 3.06. The number of anilines is 1. The maximum absolute atomic E-state index is 5.53. The van der Waals surface area contributed by atoms with E-state index in [2.05, 4.69) is 45.1 Å². The van der Waals surface area contributed by atoms with Crippen molar-refractivity contribution in [1.82, 2.24) is 9.97 Å². The number of aryl methyl sites for hydroxylation is 1. The van der Waals surface area contributed by atoms with Gasteiger partial charge in [0.05, 0.1) is 0 Å². The Bertz CT molecular complexity index is 539. The Morgan fingerprint density at radius 3 is 2.68 bits per heavy atom. The first-order valence-corrected chi connectivity index (χ1v) is 7.39. The maximum atomic E-state index is 5.53. The molecule has 0 saturated carbocycles. The second kappa shape index (κ2) is 6.70. The molecule has 0 bridgehead atoms. The van der Waals surface area contributed by atoms with Crippen molar-refractivity contribution in [2.24, 2.45) is 0 Å². The van der Waals surface area contributed by atoms with Crippen LogP contribution in [0.3, 0.4) is 0 Å². The largest absolute Gasteiger partial charge is 0.446 e. The highest BCUT2D eigenvalue weighted by Crippen LogP contribution is 2.23. The molecule has 5 heteroatoms. The van der Waals surface area contributed by atoms with Crippen molar-refractivity contribution in [3.63, 3.8) is 0 Å². The monoisotopic (exact) mass is 323 g/mol. The van der Waals surface area contributed by atoms with E-state index in [0.29, 0.717) is 16.3 Å². The van der Waals surface area contributed by atoms with Gasteiger partial charge >= 0.3 is 0 Å². The summed E-state index contributed by atoms with van der Waals surface area (Å²) in [4.78, 5) is 9.05. The summed E-state index contributed by atoms with van der Waals surface area (Å²) >= 11 is 3.30. The van der Waals surface area contributed by atoms with E-state index in [1.165, 1.54) is 0 Å². The van der Waals surface area contributed by atoms with Crippen LogP contribution in [0.5, 0.6) is 0 Å². The fourth-order valence-electron chi connectivity index (χ4n) is 1.77. The quantitative estimate of drug-likeness (QED) is 0.862. The van der Waals surface area contributed by atoms with E-state index < -0.39 is 0 Å². The van der Waals surface area contributed by atoms with E-state index in [9.17, 15) is 0 Å². The average molecular weight is 324 g/mol. The molecule has 4 nitrogen and oxygen atoms in total. The number of hydrogen-bond acceptors (Lipinski definition) is 4. The summed E-state index contributed by atoms with van der Waals surface area (Å²) in [6, 6.07) is 5.74. The molecule has 0 aromatic carbocycles. The number of hydrogen-bond donors (Lipinski definition) is 1. The van der Waals surface area contributed by atoms with E-state index in [1.807, 2.05) is 18.2 Å². The summed E-state index contributed by atoms with van der Waals surface area (Å²) in [5, 5.41) is 3.31. The molecule has 0 aliphatic heterocycles. The molecule has 0 saturated heterocycles. The minimum Gasteiger partial charge on any atom is -0.446 e. The van der Waals surface area contributed by atoms with Gasteiger partial charge in [-0.25, -0.2) is 9.97 Å². The molecule has 2 aromatic rings. The van der Waals surface area contributed by atoms with Crippen LogP contribution in [-0.2, 0) is 6.42 Å². The Hall–Kier alpha value is -1.36. The minimum atomic E-state index is 0.634. The normalized spacial score (nSPS) is 10.7. The fraction of sp³-hybridized carbons (Fsp3) is 0.429. The van der Waals surface area contributed by atoms with Gasteiger partial charge in [-0.1, -0.05) is 20.3 Å². The van der Waals surface area contributed by atoms with Crippen molar-refractivity contribution in [1.29, 1.82) is 0 Å². The second-order valence-electron chi connectivity index (χ2n) is 4.35. The first-order chi connectivity index (χ1) is 9.22. The van der Waals surface area contributed by atoms with Crippen molar-refractivity contribution in [3.05, 3.63) is 28.6 Å². The standard InChI is InChI=1S/C14H18BrN3O/c1-3-5-10-9-13(16-8-4-2)18-14(17-10)11-6-7-12(15)19-11/h6-7,9H,3-5,8H2,1-2H3,(H,16,17,18). The van der Waals surface area contributed by atoms with Crippen LogP contribution in [-0.4, -0.2) is 16.5 Å². The third kappa shape index (κ3) is 3.80. The first kappa shape index (κ1) is 14.1. The summed E-state index contributed by atoms with van der Waals surface area (Å²) in [6.45, 7) is 5.18. The van der Waals surface area contributed by atoms with Crippen LogP contribution < -0.4 is 5.32 Å². The van der Waals surface area contributed by atoms with Crippen LogP contribution in [0.1, 0.15) is 32.4 Å². The number of nitrogens with one attached hydrogen (secondary N) is 1. The van der Waals surface area contributed by atoms with Gasteiger partial charge in [0.25, 0.3) is 0 Å². The molecular weight excluding hydrogens is 306 g/mol. The lowest BCUT2D eigenvalue weighted by Crippen LogP contribution is -2.05. The molecule has 0 aliphatic carbocycles. The fourth-order valence-corrected chi connectivity index (χ4v) is 2.08. The number of nitrogens with zero attached hydrogens (tertiary/aromatic N) is 2. The van der Waals surface area contributed by atoms with Crippen molar-refractivity contribution in [2.75, 3.05) is 11.9 Å². The second-order valence-corrected chi connectivity index (χ2v) is 5.13. The molecule has 2 aromatic heterocycles. The molecule has 0 amide bonds. The number of furan rings is 1. The zero-order chi connectivity index (χ0) is 13.7. The van der Waals surface area contributed by atoms with Crippen LogP contribution in [0.2, 0.25) is 0 Å². The Morgan fingerprint density at radius 2 is 2.05 bits per heavy atom. The summed E-state index contributed by atoms with van der Waals surface area (Å²) in [5.41, 5.74) is 1.04. The highest BCUT2D eigenvalue weighted by molar-refractivity contribution is 9.10. The van der Waals surface area contributed by atoms with E-state index in [-0.39, 0.29) is 0 Å². The van der Waals surface area contributed by atoms with Gasteiger partial charge < -0.3 is 9.73 Å². The SMILES string of the molecule is CCCNc1cc(CCC)nc(-c2ccc(Br)o2)n1. The van der Waals surface area contributed by atoms with Gasteiger partial charge in [-0.3, -0.25) is 0 Å². The first-order valence-electron chi connectivity index (χ1n) is 6.60. The van der Waals surface area contributed by atoms with Gasteiger partial charge in [-0.15, -0.1) is 0 Å². The summed E-state index contributed by atoms with van der Waals surface area (Å²) in [5.74, 6) is 2.18. The maximum Gasteiger partial charge on any atom is 0.197 e. The predicted octanol–water partition coefficient (Wildman–Crippen LogP) is 4.27. The minimum absolute atomic E-state index is 0.634. The van der Waals surface area contributed by atoms with E-state index in [1.54, 1.807) is 0 Å². The Labute approximate surface area is 121 Å².